The number of rotatable bonds is 1. The Morgan fingerprint density at radius 3 is 2.95 bits per heavy atom. The molecular formula is C15H18N2O3S. The number of phenolic OH excluding ortho intramolecular Hbond substituents is 1. The van der Waals surface area contributed by atoms with Crippen LogP contribution >= 0.6 is 11.8 Å². The van der Waals surface area contributed by atoms with Crippen LogP contribution < -0.4 is 5.32 Å². The number of amides is 1. The SMILES string of the molecule is O=C(NC1=NC2(CCCCO2)CCS1)c1ccccc1O. The minimum atomic E-state index is -0.454. The van der Waals surface area contributed by atoms with E-state index in [0.717, 1.165) is 38.0 Å². The van der Waals surface area contributed by atoms with Crippen LogP contribution in [-0.4, -0.2) is 34.3 Å². The summed E-state index contributed by atoms with van der Waals surface area (Å²) < 4.78 is 5.85. The van der Waals surface area contributed by atoms with E-state index >= 15 is 0 Å². The van der Waals surface area contributed by atoms with Crippen LogP contribution in [0.3, 0.4) is 0 Å². The average molecular weight is 306 g/mol. The van der Waals surface area contributed by atoms with Crippen molar-refractivity contribution in [3.05, 3.63) is 29.8 Å². The minimum absolute atomic E-state index is 0.0277. The lowest BCUT2D eigenvalue weighted by Gasteiger charge is -2.36. The Balaban J connectivity index is 1.75. The van der Waals surface area contributed by atoms with Gasteiger partial charge in [0.2, 0.25) is 0 Å². The highest BCUT2D eigenvalue weighted by Gasteiger charge is 2.36. The summed E-state index contributed by atoms with van der Waals surface area (Å²) in [6, 6.07) is 6.49. The van der Waals surface area contributed by atoms with E-state index in [2.05, 4.69) is 10.3 Å². The second-order valence-electron chi connectivity index (χ2n) is 5.24. The molecule has 21 heavy (non-hydrogen) atoms. The molecule has 0 radical (unpaired) electrons. The van der Waals surface area contributed by atoms with Crippen LogP contribution in [0.2, 0.25) is 0 Å². The van der Waals surface area contributed by atoms with Gasteiger partial charge in [-0.15, -0.1) is 0 Å². The van der Waals surface area contributed by atoms with Crippen molar-refractivity contribution in [1.29, 1.82) is 0 Å². The van der Waals surface area contributed by atoms with E-state index in [-0.39, 0.29) is 17.2 Å². The Bertz CT molecular complexity index is 568. The van der Waals surface area contributed by atoms with Gasteiger partial charge in [0.05, 0.1) is 5.56 Å². The van der Waals surface area contributed by atoms with Gasteiger partial charge in [-0.2, -0.15) is 0 Å². The Morgan fingerprint density at radius 2 is 2.19 bits per heavy atom. The number of thioether (sulfide) groups is 1. The summed E-state index contributed by atoms with van der Waals surface area (Å²) in [7, 11) is 0. The van der Waals surface area contributed by atoms with Crippen molar-refractivity contribution in [3.8, 4) is 5.75 Å². The van der Waals surface area contributed by atoms with Gasteiger partial charge in [-0.05, 0) is 31.4 Å². The molecule has 5 nitrogen and oxygen atoms in total. The zero-order valence-electron chi connectivity index (χ0n) is 11.7. The van der Waals surface area contributed by atoms with E-state index in [4.69, 9.17) is 4.74 Å². The molecule has 2 heterocycles. The van der Waals surface area contributed by atoms with E-state index in [1.165, 1.54) is 17.8 Å². The highest BCUT2D eigenvalue weighted by Crippen LogP contribution is 2.35. The fraction of sp³-hybridized carbons (Fsp3) is 0.467. The van der Waals surface area contributed by atoms with Crippen LogP contribution in [0.1, 0.15) is 36.0 Å². The van der Waals surface area contributed by atoms with Crippen LogP contribution in [-0.2, 0) is 4.74 Å². The summed E-state index contributed by atoms with van der Waals surface area (Å²) in [5.41, 5.74) is -0.199. The highest BCUT2D eigenvalue weighted by atomic mass is 32.2. The molecule has 0 aromatic heterocycles. The lowest BCUT2D eigenvalue weighted by molar-refractivity contribution is -0.0738. The van der Waals surface area contributed by atoms with Crippen molar-refractivity contribution in [1.82, 2.24) is 5.32 Å². The molecule has 1 aromatic rings. The number of hydrogen-bond donors (Lipinski definition) is 2. The van der Waals surface area contributed by atoms with Crippen LogP contribution in [0, 0.1) is 0 Å². The molecule has 1 amide bonds. The number of benzene rings is 1. The Morgan fingerprint density at radius 1 is 1.33 bits per heavy atom. The molecule has 1 atom stereocenters. The summed E-state index contributed by atoms with van der Waals surface area (Å²) in [6.07, 6.45) is 3.97. The molecule has 1 saturated heterocycles. The Kier molecular flexibility index (Phi) is 4.17. The average Bonchev–Trinajstić information content (AvgIpc) is 2.48. The highest BCUT2D eigenvalue weighted by molar-refractivity contribution is 8.13. The smallest absolute Gasteiger partial charge is 0.260 e. The first-order chi connectivity index (χ1) is 10.2. The summed E-state index contributed by atoms with van der Waals surface area (Å²) in [4.78, 5) is 16.8. The molecule has 2 aliphatic heterocycles. The minimum Gasteiger partial charge on any atom is -0.507 e. The number of nitrogens with one attached hydrogen (secondary N) is 1. The number of nitrogens with zero attached hydrogens (tertiary/aromatic N) is 1. The van der Waals surface area contributed by atoms with Crippen LogP contribution in [0.25, 0.3) is 0 Å². The number of phenols is 1. The molecule has 6 heteroatoms. The van der Waals surface area contributed by atoms with Crippen molar-refractivity contribution < 1.29 is 14.6 Å². The van der Waals surface area contributed by atoms with Crippen LogP contribution in [0.5, 0.6) is 5.75 Å². The zero-order valence-corrected chi connectivity index (χ0v) is 12.5. The molecule has 0 aliphatic carbocycles. The van der Waals surface area contributed by atoms with Crippen molar-refractivity contribution in [3.63, 3.8) is 0 Å². The second kappa shape index (κ2) is 6.07. The number of aliphatic imine (C=N–C) groups is 1. The van der Waals surface area contributed by atoms with Gasteiger partial charge in [-0.1, -0.05) is 23.9 Å². The molecule has 0 bridgehead atoms. The van der Waals surface area contributed by atoms with Gasteiger partial charge in [-0.25, -0.2) is 4.99 Å². The second-order valence-corrected chi connectivity index (χ2v) is 6.32. The Labute approximate surface area is 127 Å². The molecule has 0 saturated carbocycles. The summed E-state index contributed by atoms with van der Waals surface area (Å²) in [5, 5.41) is 13.1. The van der Waals surface area contributed by atoms with Crippen LogP contribution in [0.15, 0.2) is 29.3 Å². The lowest BCUT2D eigenvalue weighted by Crippen LogP contribution is -2.41. The largest absolute Gasteiger partial charge is 0.507 e. The lowest BCUT2D eigenvalue weighted by atomic mass is 10.0. The fourth-order valence-electron chi connectivity index (χ4n) is 2.60. The maximum Gasteiger partial charge on any atom is 0.260 e. The molecule has 2 aliphatic rings. The number of para-hydroxylation sites is 1. The van der Waals surface area contributed by atoms with Gasteiger partial charge in [-0.3, -0.25) is 4.79 Å². The quantitative estimate of drug-likeness (QED) is 0.836. The monoisotopic (exact) mass is 306 g/mol. The molecule has 1 aromatic carbocycles. The van der Waals surface area contributed by atoms with Gasteiger partial charge in [0.25, 0.3) is 5.91 Å². The van der Waals surface area contributed by atoms with Gasteiger partial charge >= 0.3 is 0 Å². The molecule has 1 unspecified atom stereocenters. The maximum absolute atomic E-state index is 12.2. The number of carbonyl (C=O) groups is 1. The summed E-state index contributed by atoms with van der Waals surface area (Å²) in [6.45, 7) is 0.731. The van der Waals surface area contributed by atoms with Gasteiger partial charge in [0, 0.05) is 18.8 Å². The number of aromatic hydroxyl groups is 1. The molecule has 2 N–H and O–H groups in total. The third-order valence-corrected chi connectivity index (χ3v) is 4.61. The van der Waals surface area contributed by atoms with Gasteiger partial charge in [0.1, 0.15) is 5.75 Å². The first kappa shape index (κ1) is 14.4. The molecule has 1 spiro atoms. The number of carbonyl (C=O) groups excluding carboxylic acids is 1. The number of amidine groups is 1. The third-order valence-electron chi connectivity index (χ3n) is 3.74. The maximum atomic E-state index is 12.2. The van der Waals surface area contributed by atoms with Crippen molar-refractivity contribution in [2.75, 3.05) is 12.4 Å². The summed E-state index contributed by atoms with van der Waals surface area (Å²) in [5.74, 6) is 0.507. The normalized spacial score (nSPS) is 25.4. The van der Waals surface area contributed by atoms with E-state index in [1.54, 1.807) is 18.2 Å². The molecule has 1 fully saturated rings. The van der Waals surface area contributed by atoms with Crippen molar-refractivity contribution in [2.24, 2.45) is 4.99 Å². The predicted octanol–water partition coefficient (Wildman–Crippen LogP) is 2.51. The number of ether oxygens (including phenoxy) is 1. The summed E-state index contributed by atoms with van der Waals surface area (Å²) >= 11 is 1.52. The van der Waals surface area contributed by atoms with E-state index in [1.807, 2.05) is 0 Å². The number of hydrogen-bond acceptors (Lipinski definition) is 5. The third kappa shape index (κ3) is 3.22. The topological polar surface area (TPSA) is 70.9 Å². The van der Waals surface area contributed by atoms with E-state index in [0.29, 0.717) is 5.17 Å². The molecule has 112 valence electrons. The Hall–Kier alpha value is -1.53. The first-order valence-electron chi connectivity index (χ1n) is 7.15. The van der Waals surface area contributed by atoms with E-state index < -0.39 is 5.72 Å². The van der Waals surface area contributed by atoms with Gasteiger partial charge < -0.3 is 15.2 Å². The first-order valence-corrected chi connectivity index (χ1v) is 8.13. The van der Waals surface area contributed by atoms with E-state index in [9.17, 15) is 9.90 Å². The zero-order chi connectivity index (χ0) is 14.7. The fourth-order valence-corrected chi connectivity index (χ4v) is 3.61. The predicted molar refractivity (Wildman–Crippen MR) is 82.6 cm³/mol. The standard InChI is InChI=1S/C15H18N2O3S/c18-12-6-2-1-5-11(12)13(19)16-14-17-15(8-10-21-14)7-3-4-9-20-15/h1-2,5-6,18H,3-4,7-10H2,(H,16,17,19). The van der Waals surface area contributed by atoms with Gasteiger partial charge in [0.15, 0.2) is 10.9 Å². The van der Waals surface area contributed by atoms with Crippen LogP contribution in [0.4, 0.5) is 0 Å². The van der Waals surface area contributed by atoms with Crippen molar-refractivity contribution in [2.45, 2.75) is 31.4 Å². The molecular weight excluding hydrogens is 288 g/mol. The van der Waals surface area contributed by atoms with Crippen molar-refractivity contribution >= 4 is 22.8 Å². The molecule has 3 rings (SSSR count).